The van der Waals surface area contributed by atoms with Gasteiger partial charge in [-0.25, -0.2) is 4.67 Å². The van der Waals surface area contributed by atoms with Crippen LogP contribution in [0.25, 0.3) is 0 Å². The summed E-state index contributed by atoms with van der Waals surface area (Å²) < 4.78 is 4.62. The second kappa shape index (κ2) is 4.16. The molecule has 0 aromatic carbocycles. The van der Waals surface area contributed by atoms with Crippen molar-refractivity contribution in [3.05, 3.63) is 0 Å². The van der Waals surface area contributed by atoms with Crippen molar-refractivity contribution in [3.63, 3.8) is 0 Å². The van der Waals surface area contributed by atoms with E-state index >= 15 is 0 Å². The minimum atomic E-state index is -1.78. The van der Waals surface area contributed by atoms with Crippen LogP contribution >= 0.6 is 16.9 Å². The van der Waals surface area contributed by atoms with E-state index < -0.39 is 5.69 Å². The Bertz CT molecular complexity index is 224. The molecule has 0 amide bonds. The average Bonchev–Trinajstić information content (AvgIpc) is 2.93. The molecule has 0 N–H and O–H groups in total. The Kier molecular flexibility index (Phi) is 3.32. The van der Waals surface area contributed by atoms with Gasteiger partial charge in [0.2, 0.25) is 0 Å². The fourth-order valence-electron chi connectivity index (χ4n) is 1.77. The van der Waals surface area contributed by atoms with Crippen LogP contribution in [-0.4, -0.2) is 35.5 Å². The molecule has 2 aliphatic rings. The van der Waals surface area contributed by atoms with Gasteiger partial charge in [0.15, 0.2) is 5.69 Å². The van der Waals surface area contributed by atoms with E-state index in [-0.39, 0.29) is 0 Å². The highest BCUT2D eigenvalue weighted by atomic mass is 35.7. The summed E-state index contributed by atoms with van der Waals surface area (Å²) in [6, 6.07) is 0. The first kappa shape index (κ1) is 10.4. The maximum Gasteiger partial charge on any atom is 0.164 e. The molecule has 2 heterocycles. The third kappa shape index (κ3) is 2.45. The van der Waals surface area contributed by atoms with Crippen LogP contribution in [0.15, 0.2) is 0 Å². The van der Waals surface area contributed by atoms with Gasteiger partial charge in [-0.2, -0.15) is 0 Å². The third-order valence-corrected chi connectivity index (χ3v) is 7.57. The smallest absolute Gasteiger partial charge is 0.164 e. The fourth-order valence-corrected chi connectivity index (χ4v) is 5.37. The lowest BCUT2D eigenvalue weighted by Gasteiger charge is -2.29. The predicted molar refractivity (Wildman–Crippen MR) is 61.8 cm³/mol. The van der Waals surface area contributed by atoms with E-state index in [1.807, 2.05) is 0 Å². The van der Waals surface area contributed by atoms with E-state index in [1.54, 1.807) is 0 Å². The monoisotopic (exact) mass is 238 g/mol. The number of hydrogen-bond donors (Lipinski definition) is 0. The maximum atomic E-state index is 6.46. The number of nitrogens with zero attached hydrogens (tertiary/aromatic N) is 2. The quantitative estimate of drug-likeness (QED) is 0.539. The zero-order valence-corrected chi connectivity index (χ0v) is 10.3. The SMILES string of the molecule is S=P(Cl)(N1CCCCCC1)N1CC1. The van der Waals surface area contributed by atoms with Crippen LogP contribution in [0.4, 0.5) is 0 Å². The van der Waals surface area contributed by atoms with Crippen molar-refractivity contribution in [2.24, 2.45) is 0 Å². The highest BCUT2D eigenvalue weighted by Crippen LogP contribution is 2.62. The average molecular weight is 239 g/mol. The van der Waals surface area contributed by atoms with Gasteiger partial charge in [-0.15, -0.1) is 0 Å². The lowest BCUT2D eigenvalue weighted by molar-refractivity contribution is 0.464. The standard InChI is InChI=1S/C8H16ClN2PS/c9-12(13,11-7-8-11)10-5-3-1-2-4-6-10/h1-8H2. The highest BCUT2D eigenvalue weighted by Gasteiger charge is 2.37. The molecule has 0 bridgehead atoms. The van der Waals surface area contributed by atoms with Crippen LogP contribution < -0.4 is 0 Å². The van der Waals surface area contributed by atoms with Crippen LogP contribution in [0.3, 0.4) is 0 Å². The van der Waals surface area contributed by atoms with Gasteiger partial charge in [0, 0.05) is 26.2 Å². The third-order valence-electron chi connectivity index (χ3n) is 2.70. The summed E-state index contributed by atoms with van der Waals surface area (Å²) in [5.41, 5.74) is -1.78. The predicted octanol–water partition coefficient (Wildman–Crippen LogP) is 2.64. The van der Waals surface area contributed by atoms with Crippen molar-refractivity contribution < 1.29 is 0 Å². The fraction of sp³-hybridized carbons (Fsp3) is 1.00. The molecule has 0 aliphatic carbocycles. The molecule has 0 radical (unpaired) electrons. The lowest BCUT2D eigenvalue weighted by Crippen LogP contribution is -2.22. The van der Waals surface area contributed by atoms with Gasteiger partial charge in [-0.05, 0) is 24.6 Å². The summed E-state index contributed by atoms with van der Waals surface area (Å²) >= 11 is 12.0. The Morgan fingerprint density at radius 1 is 0.846 bits per heavy atom. The Labute approximate surface area is 90.1 Å². The molecule has 0 saturated carbocycles. The summed E-state index contributed by atoms with van der Waals surface area (Å²) in [6.07, 6.45) is 5.25. The van der Waals surface area contributed by atoms with Crippen LogP contribution in [0.2, 0.25) is 0 Å². The summed E-state index contributed by atoms with van der Waals surface area (Å²) in [5, 5.41) is 0. The largest absolute Gasteiger partial charge is 0.252 e. The summed E-state index contributed by atoms with van der Waals surface area (Å²) in [4.78, 5) is 0. The summed E-state index contributed by atoms with van der Waals surface area (Å²) in [5.74, 6) is 0. The molecule has 1 unspecified atom stereocenters. The second-order valence-corrected chi connectivity index (χ2v) is 9.41. The molecule has 76 valence electrons. The number of rotatable bonds is 2. The summed E-state index contributed by atoms with van der Waals surface area (Å²) in [6.45, 7) is 4.49. The van der Waals surface area contributed by atoms with Gasteiger partial charge in [-0.3, -0.25) is 4.67 Å². The maximum absolute atomic E-state index is 6.46. The van der Waals surface area contributed by atoms with Crippen LogP contribution in [0, 0.1) is 0 Å². The van der Waals surface area contributed by atoms with Crippen LogP contribution in [-0.2, 0) is 11.8 Å². The molecule has 0 aromatic rings. The molecule has 5 heteroatoms. The minimum Gasteiger partial charge on any atom is -0.252 e. The summed E-state index contributed by atoms with van der Waals surface area (Å²) in [7, 11) is 0. The molecule has 2 nitrogen and oxygen atoms in total. The van der Waals surface area contributed by atoms with Crippen molar-refractivity contribution in [2.45, 2.75) is 25.7 Å². The van der Waals surface area contributed by atoms with Crippen molar-refractivity contribution in [3.8, 4) is 0 Å². The first-order valence-corrected chi connectivity index (χ1v) is 8.63. The Balaban J connectivity index is 2.00. The second-order valence-electron chi connectivity index (χ2n) is 3.79. The van der Waals surface area contributed by atoms with Gasteiger partial charge in [0.25, 0.3) is 0 Å². The van der Waals surface area contributed by atoms with E-state index in [9.17, 15) is 0 Å². The molecule has 2 rings (SSSR count). The van der Waals surface area contributed by atoms with Crippen LogP contribution in [0.1, 0.15) is 25.7 Å². The molecule has 2 saturated heterocycles. The van der Waals surface area contributed by atoms with Gasteiger partial charge in [0.1, 0.15) is 0 Å². The van der Waals surface area contributed by atoms with E-state index in [0.29, 0.717) is 0 Å². The lowest BCUT2D eigenvalue weighted by atomic mass is 10.2. The van der Waals surface area contributed by atoms with E-state index in [1.165, 1.54) is 25.7 Å². The van der Waals surface area contributed by atoms with Gasteiger partial charge in [-0.1, -0.05) is 24.1 Å². The van der Waals surface area contributed by atoms with Gasteiger partial charge in [0.05, 0.1) is 0 Å². The molecular weight excluding hydrogens is 223 g/mol. The Morgan fingerprint density at radius 2 is 1.31 bits per heavy atom. The van der Waals surface area contributed by atoms with Crippen molar-refractivity contribution in [2.75, 3.05) is 26.2 Å². The highest BCUT2D eigenvalue weighted by molar-refractivity contribution is 8.24. The molecule has 1 atom stereocenters. The number of hydrogen-bond acceptors (Lipinski definition) is 1. The molecule has 13 heavy (non-hydrogen) atoms. The first-order valence-electron chi connectivity index (χ1n) is 5.02. The first-order chi connectivity index (χ1) is 6.21. The van der Waals surface area contributed by atoms with E-state index in [0.717, 1.165) is 26.2 Å². The zero-order chi connectivity index (χ0) is 9.31. The van der Waals surface area contributed by atoms with E-state index in [4.69, 9.17) is 23.0 Å². The molecule has 2 fully saturated rings. The normalized spacial score (nSPS) is 30.8. The van der Waals surface area contributed by atoms with Gasteiger partial charge >= 0.3 is 0 Å². The van der Waals surface area contributed by atoms with Gasteiger partial charge < -0.3 is 0 Å². The zero-order valence-electron chi connectivity index (χ0n) is 7.78. The minimum absolute atomic E-state index is 1.12. The Hall–Kier alpha value is 0.860. The molecular formula is C8H16ClN2PS. The van der Waals surface area contributed by atoms with E-state index in [2.05, 4.69) is 9.34 Å². The topological polar surface area (TPSA) is 6.25 Å². The van der Waals surface area contributed by atoms with Crippen molar-refractivity contribution in [1.29, 1.82) is 0 Å². The Morgan fingerprint density at radius 3 is 1.77 bits per heavy atom. The molecule has 0 spiro atoms. The van der Waals surface area contributed by atoms with Crippen molar-refractivity contribution in [1.82, 2.24) is 9.34 Å². The molecule has 2 aliphatic heterocycles. The molecule has 0 aromatic heterocycles. The van der Waals surface area contributed by atoms with Crippen molar-refractivity contribution >= 4 is 28.7 Å². The number of halogens is 1. The van der Waals surface area contributed by atoms with Crippen LogP contribution in [0.5, 0.6) is 0 Å².